The Kier molecular flexibility index (Phi) is 4.18. The molecule has 0 amide bonds. The second-order valence-electron chi connectivity index (χ2n) is 4.04. The van der Waals surface area contributed by atoms with Crippen molar-refractivity contribution in [2.24, 2.45) is 5.92 Å². The molecular formula is C14H16O2. The third-order valence-electron chi connectivity index (χ3n) is 2.32. The molecule has 1 aromatic rings. The predicted molar refractivity (Wildman–Crippen MR) is 64.9 cm³/mol. The van der Waals surface area contributed by atoms with Gasteiger partial charge in [0, 0.05) is 11.5 Å². The van der Waals surface area contributed by atoms with Crippen molar-refractivity contribution in [3.05, 3.63) is 42.0 Å². The first-order valence-corrected chi connectivity index (χ1v) is 5.34. The molecule has 0 fully saturated rings. The van der Waals surface area contributed by atoms with Gasteiger partial charge in [0.15, 0.2) is 11.6 Å². The summed E-state index contributed by atoms with van der Waals surface area (Å²) in [5, 5.41) is 0. The van der Waals surface area contributed by atoms with Gasteiger partial charge >= 0.3 is 0 Å². The number of allylic oxidation sites excluding steroid dienone is 2. The summed E-state index contributed by atoms with van der Waals surface area (Å²) in [7, 11) is 0. The van der Waals surface area contributed by atoms with Crippen LogP contribution in [0.4, 0.5) is 0 Å². The maximum Gasteiger partial charge on any atom is 0.160 e. The van der Waals surface area contributed by atoms with Gasteiger partial charge in [-0.15, -0.1) is 0 Å². The zero-order valence-corrected chi connectivity index (χ0v) is 9.86. The number of carbonyl (C=O) groups is 2. The Morgan fingerprint density at radius 1 is 1.12 bits per heavy atom. The molecule has 0 spiro atoms. The van der Waals surface area contributed by atoms with Gasteiger partial charge in [-0.2, -0.15) is 0 Å². The number of benzene rings is 1. The molecule has 1 aromatic carbocycles. The van der Waals surface area contributed by atoms with Crippen LogP contribution in [0.5, 0.6) is 0 Å². The molecule has 0 bridgehead atoms. The van der Waals surface area contributed by atoms with Crippen molar-refractivity contribution >= 4 is 17.1 Å². The summed E-state index contributed by atoms with van der Waals surface area (Å²) in [4.78, 5) is 23.1. The Hall–Kier alpha value is -1.70. The zero-order chi connectivity index (χ0) is 12.1. The maximum absolute atomic E-state index is 11.6. The van der Waals surface area contributed by atoms with Crippen molar-refractivity contribution in [2.45, 2.75) is 20.8 Å². The molecule has 0 radical (unpaired) electrons. The van der Waals surface area contributed by atoms with Crippen LogP contribution in [0.2, 0.25) is 0 Å². The lowest BCUT2D eigenvalue weighted by atomic mass is 9.98. The van der Waals surface area contributed by atoms with Gasteiger partial charge in [0.1, 0.15) is 0 Å². The Labute approximate surface area is 96.0 Å². The van der Waals surface area contributed by atoms with Crippen LogP contribution in [0.1, 0.15) is 26.3 Å². The van der Waals surface area contributed by atoms with Gasteiger partial charge in [0.25, 0.3) is 0 Å². The lowest BCUT2D eigenvalue weighted by Gasteiger charge is -2.05. The fourth-order valence-electron chi connectivity index (χ4n) is 1.31. The van der Waals surface area contributed by atoms with Gasteiger partial charge < -0.3 is 0 Å². The highest BCUT2D eigenvalue weighted by atomic mass is 16.1. The van der Waals surface area contributed by atoms with Gasteiger partial charge in [-0.1, -0.05) is 44.2 Å². The van der Waals surface area contributed by atoms with Crippen LogP contribution < -0.4 is 0 Å². The third kappa shape index (κ3) is 3.16. The highest BCUT2D eigenvalue weighted by molar-refractivity contribution is 6.23. The Bertz CT molecular complexity index is 414. The van der Waals surface area contributed by atoms with E-state index >= 15 is 0 Å². The molecule has 0 aliphatic heterocycles. The van der Waals surface area contributed by atoms with Crippen molar-refractivity contribution in [3.8, 4) is 0 Å². The summed E-state index contributed by atoms with van der Waals surface area (Å²) in [6.45, 7) is 5.12. The molecule has 0 aliphatic rings. The van der Waals surface area contributed by atoms with Crippen LogP contribution in [0.25, 0.3) is 5.57 Å². The minimum Gasteiger partial charge on any atom is -0.295 e. The van der Waals surface area contributed by atoms with E-state index in [1.165, 1.54) is 13.0 Å². The van der Waals surface area contributed by atoms with Crippen LogP contribution in [0.15, 0.2) is 36.4 Å². The van der Waals surface area contributed by atoms with E-state index in [2.05, 4.69) is 0 Å². The number of hydrogen-bond acceptors (Lipinski definition) is 2. The van der Waals surface area contributed by atoms with Crippen LogP contribution in [-0.2, 0) is 9.59 Å². The Morgan fingerprint density at radius 3 is 2.12 bits per heavy atom. The monoisotopic (exact) mass is 216 g/mol. The van der Waals surface area contributed by atoms with E-state index in [4.69, 9.17) is 0 Å². The van der Waals surface area contributed by atoms with Crippen molar-refractivity contribution in [1.82, 2.24) is 0 Å². The minimum atomic E-state index is -0.0851. The standard InChI is InChI=1S/C14H16O2/c1-10(2)14(16)9-13(11(3)15)12-7-5-4-6-8-12/h4-10H,1-3H3/b13-9+. The van der Waals surface area contributed by atoms with Gasteiger partial charge in [-0.3, -0.25) is 9.59 Å². The molecule has 0 aromatic heterocycles. The van der Waals surface area contributed by atoms with Gasteiger partial charge in [-0.25, -0.2) is 0 Å². The first-order chi connectivity index (χ1) is 7.52. The molecule has 0 atom stereocenters. The molecule has 0 heterocycles. The normalized spacial score (nSPS) is 11.6. The Morgan fingerprint density at radius 2 is 1.69 bits per heavy atom. The highest BCUT2D eigenvalue weighted by Gasteiger charge is 2.11. The molecule has 1 rings (SSSR count). The summed E-state index contributed by atoms with van der Waals surface area (Å²) < 4.78 is 0. The van der Waals surface area contributed by atoms with Gasteiger partial charge in [-0.05, 0) is 18.6 Å². The number of Topliss-reactive ketones (excluding diaryl/α,β-unsaturated/α-hetero) is 1. The lowest BCUT2D eigenvalue weighted by Crippen LogP contribution is -2.06. The van der Waals surface area contributed by atoms with Crippen LogP contribution in [-0.4, -0.2) is 11.6 Å². The molecule has 0 saturated heterocycles. The quantitative estimate of drug-likeness (QED) is 0.725. The molecule has 0 unspecified atom stereocenters. The van der Waals surface area contributed by atoms with Crippen molar-refractivity contribution in [2.75, 3.05) is 0 Å². The zero-order valence-electron chi connectivity index (χ0n) is 9.86. The van der Waals surface area contributed by atoms with Crippen molar-refractivity contribution in [3.63, 3.8) is 0 Å². The molecule has 84 valence electrons. The molecule has 0 aliphatic carbocycles. The van der Waals surface area contributed by atoms with E-state index in [0.29, 0.717) is 5.57 Å². The summed E-state index contributed by atoms with van der Waals surface area (Å²) in [5.74, 6) is -0.188. The van der Waals surface area contributed by atoms with E-state index in [-0.39, 0.29) is 17.5 Å². The fourth-order valence-corrected chi connectivity index (χ4v) is 1.31. The summed E-state index contributed by atoms with van der Waals surface area (Å²) in [5.41, 5.74) is 1.28. The minimum absolute atomic E-state index is 0.0194. The average molecular weight is 216 g/mol. The third-order valence-corrected chi connectivity index (χ3v) is 2.32. The summed E-state index contributed by atoms with van der Waals surface area (Å²) in [6.07, 6.45) is 1.45. The van der Waals surface area contributed by atoms with Crippen LogP contribution >= 0.6 is 0 Å². The second kappa shape index (κ2) is 5.40. The highest BCUT2D eigenvalue weighted by Crippen LogP contribution is 2.16. The number of carbonyl (C=O) groups excluding carboxylic acids is 2. The topological polar surface area (TPSA) is 34.1 Å². The molecule has 0 N–H and O–H groups in total. The maximum atomic E-state index is 11.6. The van der Waals surface area contributed by atoms with Crippen LogP contribution in [0.3, 0.4) is 0 Å². The molecule has 2 heteroatoms. The second-order valence-corrected chi connectivity index (χ2v) is 4.04. The number of hydrogen-bond donors (Lipinski definition) is 0. The molecular weight excluding hydrogens is 200 g/mol. The molecule has 0 saturated carbocycles. The Balaban J connectivity index is 3.11. The van der Waals surface area contributed by atoms with E-state index < -0.39 is 0 Å². The largest absolute Gasteiger partial charge is 0.295 e. The lowest BCUT2D eigenvalue weighted by molar-refractivity contribution is -0.117. The van der Waals surface area contributed by atoms with Gasteiger partial charge in [0.2, 0.25) is 0 Å². The first-order valence-electron chi connectivity index (χ1n) is 5.34. The number of ketones is 2. The average Bonchev–Trinajstić information content (AvgIpc) is 2.26. The summed E-state index contributed by atoms with van der Waals surface area (Å²) >= 11 is 0. The smallest absolute Gasteiger partial charge is 0.160 e. The van der Waals surface area contributed by atoms with E-state index in [1.54, 1.807) is 0 Å². The van der Waals surface area contributed by atoms with E-state index in [9.17, 15) is 9.59 Å². The van der Waals surface area contributed by atoms with E-state index in [0.717, 1.165) is 5.56 Å². The first kappa shape index (κ1) is 12.4. The molecule has 16 heavy (non-hydrogen) atoms. The van der Waals surface area contributed by atoms with Crippen molar-refractivity contribution in [1.29, 1.82) is 0 Å². The predicted octanol–water partition coefficient (Wildman–Crippen LogP) is 2.88. The van der Waals surface area contributed by atoms with Crippen molar-refractivity contribution < 1.29 is 9.59 Å². The van der Waals surface area contributed by atoms with Crippen LogP contribution in [0, 0.1) is 5.92 Å². The summed E-state index contributed by atoms with van der Waals surface area (Å²) in [6, 6.07) is 9.26. The fraction of sp³-hybridized carbons (Fsp3) is 0.286. The molecule has 2 nitrogen and oxygen atoms in total. The number of rotatable bonds is 4. The van der Waals surface area contributed by atoms with Gasteiger partial charge in [0.05, 0.1) is 0 Å². The van der Waals surface area contributed by atoms with E-state index in [1.807, 2.05) is 44.2 Å². The SMILES string of the molecule is CC(=O)/C(=C\C(=O)C(C)C)c1ccccc1.